The Balaban J connectivity index is 2.04. The highest BCUT2D eigenvalue weighted by atomic mass is 79.9. The van der Waals surface area contributed by atoms with Gasteiger partial charge in [0.15, 0.2) is 5.69 Å². The SMILES string of the molecule is Cc1c(C#N)c(O)n(CCc2ccccc2)c(=O)c1N=Nc1ccccc1Br. The number of pyridine rings is 1. The maximum Gasteiger partial charge on any atom is 0.281 e. The van der Waals surface area contributed by atoms with Gasteiger partial charge in [-0.05, 0) is 47.0 Å². The molecule has 0 unspecified atom stereocenters. The van der Waals surface area contributed by atoms with Gasteiger partial charge in [-0.2, -0.15) is 5.26 Å². The molecule has 28 heavy (non-hydrogen) atoms. The van der Waals surface area contributed by atoms with Gasteiger partial charge in [-0.3, -0.25) is 9.36 Å². The molecule has 7 heteroatoms. The van der Waals surface area contributed by atoms with E-state index in [0.29, 0.717) is 17.7 Å². The Bertz CT molecular complexity index is 1130. The molecule has 3 rings (SSSR count). The van der Waals surface area contributed by atoms with Gasteiger partial charge in [0.05, 0.1) is 5.69 Å². The lowest BCUT2D eigenvalue weighted by molar-refractivity contribution is 0.404. The zero-order valence-electron chi connectivity index (χ0n) is 15.1. The summed E-state index contributed by atoms with van der Waals surface area (Å²) in [5, 5.41) is 28.1. The van der Waals surface area contributed by atoms with Crippen molar-refractivity contribution in [3.8, 4) is 11.9 Å². The van der Waals surface area contributed by atoms with Gasteiger partial charge in [-0.1, -0.05) is 42.5 Å². The highest BCUT2D eigenvalue weighted by molar-refractivity contribution is 9.10. The second-order valence-corrected chi connectivity index (χ2v) is 6.98. The number of aromatic nitrogens is 1. The van der Waals surface area contributed by atoms with E-state index in [1.807, 2.05) is 54.6 Å². The van der Waals surface area contributed by atoms with Crippen LogP contribution < -0.4 is 5.56 Å². The Morgan fingerprint density at radius 3 is 2.46 bits per heavy atom. The van der Waals surface area contributed by atoms with Crippen molar-refractivity contribution in [3.63, 3.8) is 0 Å². The topological polar surface area (TPSA) is 90.7 Å². The molecule has 1 heterocycles. The molecule has 1 aromatic heterocycles. The summed E-state index contributed by atoms with van der Waals surface area (Å²) in [5.74, 6) is -0.347. The summed E-state index contributed by atoms with van der Waals surface area (Å²) in [7, 11) is 0. The largest absolute Gasteiger partial charge is 0.493 e. The normalized spacial score (nSPS) is 10.9. The summed E-state index contributed by atoms with van der Waals surface area (Å²) < 4.78 is 1.91. The fraction of sp³-hybridized carbons (Fsp3) is 0.143. The molecule has 0 spiro atoms. The molecule has 0 aliphatic rings. The molecule has 0 aliphatic heterocycles. The highest BCUT2D eigenvalue weighted by Crippen LogP contribution is 2.29. The predicted octanol–water partition coefficient (Wildman–Crippen LogP) is 5.15. The second-order valence-electron chi connectivity index (χ2n) is 6.13. The summed E-state index contributed by atoms with van der Waals surface area (Å²) in [6.07, 6.45) is 0.531. The number of nitrogens with zero attached hydrogens (tertiary/aromatic N) is 4. The van der Waals surface area contributed by atoms with Crippen molar-refractivity contribution in [1.82, 2.24) is 4.57 Å². The first-order valence-corrected chi connectivity index (χ1v) is 9.39. The molecule has 0 saturated heterocycles. The van der Waals surface area contributed by atoms with E-state index >= 15 is 0 Å². The van der Waals surface area contributed by atoms with Crippen LogP contribution in [0.25, 0.3) is 0 Å². The van der Waals surface area contributed by atoms with Gasteiger partial charge in [0.2, 0.25) is 5.88 Å². The van der Waals surface area contributed by atoms with Gasteiger partial charge in [0, 0.05) is 16.6 Å². The number of benzene rings is 2. The predicted molar refractivity (Wildman–Crippen MR) is 110 cm³/mol. The summed E-state index contributed by atoms with van der Waals surface area (Å²) in [6.45, 7) is 1.80. The van der Waals surface area contributed by atoms with Crippen molar-refractivity contribution in [2.75, 3.05) is 0 Å². The molecule has 3 aromatic rings. The Morgan fingerprint density at radius 2 is 1.79 bits per heavy atom. The number of azo groups is 1. The molecular weight excluding hydrogens is 420 g/mol. The third kappa shape index (κ3) is 4.02. The zero-order chi connectivity index (χ0) is 20.1. The Hall–Kier alpha value is -3.24. The molecule has 0 bridgehead atoms. The lowest BCUT2D eigenvalue weighted by atomic mass is 10.1. The van der Waals surface area contributed by atoms with Crippen LogP contribution in [0.3, 0.4) is 0 Å². The molecule has 140 valence electrons. The average molecular weight is 437 g/mol. The summed E-state index contributed by atoms with van der Waals surface area (Å²) in [4.78, 5) is 12.9. The van der Waals surface area contributed by atoms with Gasteiger partial charge in [0.25, 0.3) is 5.56 Å². The molecule has 1 N–H and O–H groups in total. The van der Waals surface area contributed by atoms with Crippen LogP contribution in [-0.4, -0.2) is 9.67 Å². The van der Waals surface area contributed by atoms with Crippen molar-refractivity contribution in [2.45, 2.75) is 19.9 Å². The van der Waals surface area contributed by atoms with E-state index in [-0.39, 0.29) is 23.7 Å². The fourth-order valence-corrected chi connectivity index (χ4v) is 3.15. The van der Waals surface area contributed by atoms with Crippen LogP contribution in [0.15, 0.2) is 74.1 Å². The fourth-order valence-electron chi connectivity index (χ4n) is 2.79. The van der Waals surface area contributed by atoms with Crippen molar-refractivity contribution in [3.05, 3.63) is 86.1 Å². The maximum absolute atomic E-state index is 12.9. The average Bonchev–Trinajstić information content (AvgIpc) is 2.70. The minimum atomic E-state index is -0.485. The lowest BCUT2D eigenvalue weighted by Gasteiger charge is -2.13. The van der Waals surface area contributed by atoms with E-state index in [1.54, 1.807) is 13.0 Å². The number of halogens is 1. The van der Waals surface area contributed by atoms with Gasteiger partial charge >= 0.3 is 0 Å². The number of aryl methyl sites for hydroxylation is 1. The van der Waals surface area contributed by atoms with Crippen LogP contribution >= 0.6 is 15.9 Å². The smallest absolute Gasteiger partial charge is 0.281 e. The van der Waals surface area contributed by atoms with Crippen LogP contribution in [0.2, 0.25) is 0 Å². The Kier molecular flexibility index (Phi) is 6.02. The molecule has 0 fully saturated rings. The van der Waals surface area contributed by atoms with Crippen molar-refractivity contribution in [2.24, 2.45) is 10.2 Å². The zero-order valence-corrected chi connectivity index (χ0v) is 16.7. The maximum atomic E-state index is 12.9. The van der Waals surface area contributed by atoms with Gasteiger partial charge in [-0.25, -0.2) is 0 Å². The van der Waals surface area contributed by atoms with Crippen LogP contribution in [0, 0.1) is 18.3 Å². The first-order chi connectivity index (χ1) is 13.5. The summed E-state index contributed by atoms with van der Waals surface area (Å²) >= 11 is 3.38. The molecule has 6 nitrogen and oxygen atoms in total. The third-order valence-electron chi connectivity index (χ3n) is 4.35. The van der Waals surface area contributed by atoms with Crippen LogP contribution in [0.4, 0.5) is 11.4 Å². The monoisotopic (exact) mass is 436 g/mol. The molecule has 0 aliphatic carbocycles. The molecule has 0 radical (unpaired) electrons. The van der Waals surface area contributed by atoms with E-state index in [4.69, 9.17) is 0 Å². The Labute approximate surface area is 170 Å². The molecular formula is C21H17BrN4O2. The van der Waals surface area contributed by atoms with E-state index in [9.17, 15) is 15.2 Å². The number of hydrogen-bond acceptors (Lipinski definition) is 5. The van der Waals surface area contributed by atoms with Crippen LogP contribution in [-0.2, 0) is 13.0 Å². The summed E-state index contributed by atoms with van der Waals surface area (Å²) in [6, 6.07) is 18.8. The van der Waals surface area contributed by atoms with Gasteiger partial charge in [-0.15, -0.1) is 10.2 Å². The third-order valence-corrected chi connectivity index (χ3v) is 5.02. The van der Waals surface area contributed by atoms with Gasteiger partial charge in [0.1, 0.15) is 11.6 Å². The van der Waals surface area contributed by atoms with E-state index in [0.717, 1.165) is 10.0 Å². The quantitative estimate of drug-likeness (QED) is 0.560. The van der Waals surface area contributed by atoms with E-state index in [2.05, 4.69) is 26.2 Å². The Morgan fingerprint density at radius 1 is 1.11 bits per heavy atom. The minimum absolute atomic E-state index is 0.0220. The molecule has 0 amide bonds. The van der Waals surface area contributed by atoms with E-state index < -0.39 is 5.56 Å². The second kappa shape index (κ2) is 8.63. The van der Waals surface area contributed by atoms with Gasteiger partial charge < -0.3 is 5.11 Å². The molecule has 0 atom stereocenters. The summed E-state index contributed by atoms with van der Waals surface area (Å²) in [5.41, 5.74) is 1.46. The van der Waals surface area contributed by atoms with Crippen molar-refractivity contribution >= 4 is 27.3 Å². The van der Waals surface area contributed by atoms with E-state index in [1.165, 1.54) is 4.57 Å². The highest BCUT2D eigenvalue weighted by Gasteiger charge is 2.19. The first-order valence-electron chi connectivity index (χ1n) is 8.59. The van der Waals surface area contributed by atoms with Crippen molar-refractivity contribution < 1.29 is 5.11 Å². The van der Waals surface area contributed by atoms with Crippen molar-refractivity contribution in [1.29, 1.82) is 5.26 Å². The standard InChI is InChI=1S/C21H17BrN4O2/c1-14-16(13-23)20(27)26(12-11-15-7-3-2-4-8-15)21(28)19(14)25-24-18-10-6-5-9-17(18)22/h2-10,27H,11-12H2,1H3. The number of nitriles is 1. The van der Waals surface area contributed by atoms with Crippen LogP contribution in [0.5, 0.6) is 5.88 Å². The number of aromatic hydroxyl groups is 1. The number of hydrogen-bond donors (Lipinski definition) is 1. The molecule has 2 aromatic carbocycles. The minimum Gasteiger partial charge on any atom is -0.493 e. The molecule has 0 saturated carbocycles. The number of rotatable bonds is 5. The van der Waals surface area contributed by atoms with Crippen LogP contribution in [0.1, 0.15) is 16.7 Å². The lowest BCUT2D eigenvalue weighted by Crippen LogP contribution is -2.22. The first kappa shape index (κ1) is 19.5.